The van der Waals surface area contributed by atoms with Gasteiger partial charge < -0.3 is 15.2 Å². The third-order valence-corrected chi connectivity index (χ3v) is 3.69. The third-order valence-electron chi connectivity index (χ3n) is 3.69. The monoisotopic (exact) mass is 221 g/mol. The van der Waals surface area contributed by atoms with E-state index < -0.39 is 0 Å². The number of hydrogen-bond donors (Lipinski definition) is 2. The van der Waals surface area contributed by atoms with E-state index in [0.29, 0.717) is 5.41 Å². The first-order valence-corrected chi connectivity index (χ1v) is 6.19. The Hall–Kier alpha value is -0.800. The average Bonchev–Trinajstić information content (AvgIpc) is 2.67. The van der Waals surface area contributed by atoms with E-state index in [2.05, 4.69) is 41.6 Å². The Balaban J connectivity index is 1.83. The van der Waals surface area contributed by atoms with Gasteiger partial charge in [-0.1, -0.05) is 6.42 Å². The maximum absolute atomic E-state index is 3.34. The summed E-state index contributed by atoms with van der Waals surface area (Å²) in [5.41, 5.74) is 1.92. The molecule has 0 radical (unpaired) electrons. The lowest BCUT2D eigenvalue weighted by molar-refractivity contribution is 0.0768. The molecule has 3 nitrogen and oxygen atoms in total. The van der Waals surface area contributed by atoms with Gasteiger partial charge in [-0.05, 0) is 44.0 Å². The minimum Gasteiger partial charge on any atom is -0.367 e. The van der Waals surface area contributed by atoms with Gasteiger partial charge in [-0.15, -0.1) is 0 Å². The van der Waals surface area contributed by atoms with E-state index >= 15 is 0 Å². The molecule has 16 heavy (non-hydrogen) atoms. The van der Waals surface area contributed by atoms with Crippen molar-refractivity contribution in [2.75, 3.05) is 27.2 Å². The van der Waals surface area contributed by atoms with Crippen LogP contribution in [-0.2, 0) is 6.54 Å². The van der Waals surface area contributed by atoms with Crippen molar-refractivity contribution in [1.29, 1.82) is 0 Å². The second-order valence-electron chi connectivity index (χ2n) is 5.28. The summed E-state index contributed by atoms with van der Waals surface area (Å²) < 4.78 is 0. The number of aromatic nitrogens is 1. The molecule has 3 heteroatoms. The molecule has 1 fully saturated rings. The maximum Gasteiger partial charge on any atom is 0.0245 e. The van der Waals surface area contributed by atoms with Gasteiger partial charge in [-0.3, -0.25) is 0 Å². The number of hydrogen-bond acceptors (Lipinski definition) is 2. The van der Waals surface area contributed by atoms with Gasteiger partial charge in [0, 0.05) is 32.0 Å². The fraction of sp³-hybridized carbons (Fsp3) is 0.692. The predicted molar refractivity (Wildman–Crippen MR) is 67.3 cm³/mol. The molecule has 0 bridgehead atoms. The molecule has 0 spiro atoms. The summed E-state index contributed by atoms with van der Waals surface area (Å²) in [6, 6.07) is 2.15. The normalized spacial score (nSPS) is 18.7. The smallest absolute Gasteiger partial charge is 0.0245 e. The fourth-order valence-electron chi connectivity index (χ4n) is 2.84. The average molecular weight is 221 g/mol. The molecule has 1 aromatic rings. The van der Waals surface area contributed by atoms with Gasteiger partial charge in [-0.2, -0.15) is 0 Å². The van der Waals surface area contributed by atoms with Crippen LogP contribution >= 0.6 is 0 Å². The summed E-state index contributed by atoms with van der Waals surface area (Å²) in [6.45, 7) is 3.42. The van der Waals surface area contributed by atoms with Crippen LogP contribution in [0.4, 0.5) is 0 Å². The molecule has 1 saturated carbocycles. The third kappa shape index (κ3) is 2.66. The van der Waals surface area contributed by atoms with Gasteiger partial charge >= 0.3 is 0 Å². The lowest BCUT2D eigenvalue weighted by Gasteiger charge is -2.44. The highest BCUT2D eigenvalue weighted by Gasteiger charge is 2.36. The summed E-state index contributed by atoms with van der Waals surface area (Å²) in [5, 5.41) is 3.34. The van der Waals surface area contributed by atoms with Crippen LogP contribution in [0.3, 0.4) is 0 Å². The second-order valence-corrected chi connectivity index (χ2v) is 5.28. The first-order chi connectivity index (χ1) is 7.74. The van der Waals surface area contributed by atoms with Crippen LogP contribution in [0.15, 0.2) is 18.5 Å². The Labute approximate surface area is 98.2 Å². The van der Waals surface area contributed by atoms with Gasteiger partial charge in [0.2, 0.25) is 0 Å². The SMILES string of the molecule is CNCC1(CN(C)Cc2cc[nH]c2)CCC1. The first kappa shape index (κ1) is 11.7. The standard InChI is InChI=1S/C13H23N3/c1-14-10-13(5-3-6-13)11-16(2)9-12-4-7-15-8-12/h4,7-8,14-15H,3,5-6,9-11H2,1-2H3. The summed E-state index contributed by atoms with van der Waals surface area (Å²) >= 11 is 0. The number of aromatic amines is 1. The van der Waals surface area contributed by atoms with Crippen LogP contribution in [-0.4, -0.2) is 37.1 Å². The Morgan fingerprint density at radius 3 is 2.81 bits per heavy atom. The van der Waals surface area contributed by atoms with Crippen molar-refractivity contribution in [3.63, 3.8) is 0 Å². The summed E-state index contributed by atoms with van der Waals surface area (Å²) in [5.74, 6) is 0. The van der Waals surface area contributed by atoms with Crippen molar-refractivity contribution in [2.24, 2.45) is 5.41 Å². The molecule has 0 unspecified atom stereocenters. The molecule has 1 aromatic heterocycles. The maximum atomic E-state index is 3.34. The minimum atomic E-state index is 0.541. The van der Waals surface area contributed by atoms with Crippen molar-refractivity contribution in [3.05, 3.63) is 24.0 Å². The van der Waals surface area contributed by atoms with Crippen molar-refractivity contribution in [1.82, 2.24) is 15.2 Å². The lowest BCUT2D eigenvalue weighted by Crippen LogP contribution is -2.46. The van der Waals surface area contributed by atoms with Crippen LogP contribution in [0.1, 0.15) is 24.8 Å². The van der Waals surface area contributed by atoms with E-state index in [0.717, 1.165) is 13.1 Å². The summed E-state index contributed by atoms with van der Waals surface area (Å²) in [4.78, 5) is 5.56. The van der Waals surface area contributed by atoms with E-state index in [1.807, 2.05) is 6.20 Å². The molecule has 0 aromatic carbocycles. The van der Waals surface area contributed by atoms with E-state index in [9.17, 15) is 0 Å². The number of nitrogens with zero attached hydrogens (tertiary/aromatic N) is 1. The van der Waals surface area contributed by atoms with Crippen LogP contribution in [0.2, 0.25) is 0 Å². The first-order valence-electron chi connectivity index (χ1n) is 6.19. The fourth-order valence-corrected chi connectivity index (χ4v) is 2.84. The topological polar surface area (TPSA) is 31.1 Å². The molecule has 2 N–H and O–H groups in total. The summed E-state index contributed by atoms with van der Waals surface area (Å²) in [7, 11) is 4.29. The van der Waals surface area contributed by atoms with Crippen molar-refractivity contribution in [3.8, 4) is 0 Å². The molecule has 0 aliphatic heterocycles. The van der Waals surface area contributed by atoms with Gasteiger partial charge in [0.05, 0.1) is 0 Å². The molecular formula is C13H23N3. The molecule has 90 valence electrons. The molecular weight excluding hydrogens is 198 g/mol. The zero-order chi connectivity index (χ0) is 11.4. The number of H-pyrrole nitrogens is 1. The quantitative estimate of drug-likeness (QED) is 0.768. The zero-order valence-electron chi connectivity index (χ0n) is 10.4. The highest BCUT2D eigenvalue weighted by atomic mass is 15.1. The van der Waals surface area contributed by atoms with Gasteiger partial charge in [-0.25, -0.2) is 0 Å². The highest BCUT2D eigenvalue weighted by molar-refractivity contribution is 5.08. The molecule has 0 saturated heterocycles. The largest absolute Gasteiger partial charge is 0.367 e. The Morgan fingerprint density at radius 2 is 2.31 bits per heavy atom. The van der Waals surface area contributed by atoms with Gasteiger partial charge in [0.25, 0.3) is 0 Å². The molecule has 1 heterocycles. The van der Waals surface area contributed by atoms with Crippen molar-refractivity contribution in [2.45, 2.75) is 25.8 Å². The van der Waals surface area contributed by atoms with E-state index in [4.69, 9.17) is 0 Å². The number of rotatable bonds is 6. The minimum absolute atomic E-state index is 0.541. The molecule has 2 rings (SSSR count). The Bertz CT molecular complexity index is 301. The Kier molecular flexibility index (Phi) is 3.66. The molecule has 1 aliphatic rings. The second kappa shape index (κ2) is 5.02. The molecule has 0 atom stereocenters. The lowest BCUT2D eigenvalue weighted by atomic mass is 9.68. The molecule has 1 aliphatic carbocycles. The predicted octanol–water partition coefficient (Wildman–Crippen LogP) is 1.84. The van der Waals surface area contributed by atoms with Crippen LogP contribution < -0.4 is 5.32 Å². The van der Waals surface area contributed by atoms with E-state index in [1.165, 1.54) is 31.4 Å². The number of nitrogens with one attached hydrogen (secondary N) is 2. The summed E-state index contributed by atoms with van der Waals surface area (Å²) in [6.07, 6.45) is 8.24. The van der Waals surface area contributed by atoms with Crippen molar-refractivity contribution < 1.29 is 0 Å². The van der Waals surface area contributed by atoms with Gasteiger partial charge in [0.1, 0.15) is 0 Å². The molecule has 0 amide bonds. The van der Waals surface area contributed by atoms with Crippen LogP contribution in [0, 0.1) is 5.41 Å². The van der Waals surface area contributed by atoms with E-state index in [1.54, 1.807) is 0 Å². The zero-order valence-corrected chi connectivity index (χ0v) is 10.4. The highest BCUT2D eigenvalue weighted by Crippen LogP contribution is 2.40. The van der Waals surface area contributed by atoms with E-state index in [-0.39, 0.29) is 0 Å². The van der Waals surface area contributed by atoms with Gasteiger partial charge in [0.15, 0.2) is 0 Å². The van der Waals surface area contributed by atoms with Crippen molar-refractivity contribution >= 4 is 0 Å². The van der Waals surface area contributed by atoms with Crippen LogP contribution in [0.5, 0.6) is 0 Å². The Morgan fingerprint density at radius 1 is 1.50 bits per heavy atom. The van der Waals surface area contributed by atoms with Crippen LogP contribution in [0.25, 0.3) is 0 Å².